The Morgan fingerprint density at radius 1 is 1.24 bits per heavy atom. The molecular weight excluding hydrogens is 395 g/mol. The highest BCUT2D eigenvalue weighted by molar-refractivity contribution is 5.84. The molecule has 1 saturated heterocycles. The fourth-order valence-corrected chi connectivity index (χ4v) is 2.94. The largest absolute Gasteiger partial charge is 0.454 e. The van der Waals surface area contributed by atoms with Crippen LogP contribution in [0.4, 0.5) is 24.5 Å². The van der Waals surface area contributed by atoms with Crippen molar-refractivity contribution in [3.8, 4) is 0 Å². The van der Waals surface area contributed by atoms with E-state index in [0.29, 0.717) is 25.2 Å². The lowest BCUT2D eigenvalue weighted by atomic mass is 10.1. The third kappa shape index (κ3) is 6.33. The number of benzene rings is 1. The molecule has 1 aliphatic rings. The van der Waals surface area contributed by atoms with Gasteiger partial charge in [0, 0.05) is 19.2 Å². The Hall–Kier alpha value is -2.85. The summed E-state index contributed by atoms with van der Waals surface area (Å²) in [5, 5.41) is 13.6. The van der Waals surface area contributed by atoms with Crippen molar-refractivity contribution in [2.75, 3.05) is 25.0 Å². The number of nitrogens with zero attached hydrogens (tertiary/aromatic N) is 2. The Bertz CT molecular complexity index is 762. The minimum Gasteiger partial charge on any atom is -0.454 e. The fourth-order valence-electron chi connectivity index (χ4n) is 2.94. The molecule has 0 radical (unpaired) electrons. The second-order valence-corrected chi connectivity index (χ2v) is 6.76. The van der Waals surface area contributed by atoms with Gasteiger partial charge in [-0.05, 0) is 31.9 Å². The number of halogens is 3. The van der Waals surface area contributed by atoms with E-state index in [1.807, 2.05) is 0 Å². The Morgan fingerprint density at radius 2 is 1.86 bits per heavy atom. The van der Waals surface area contributed by atoms with E-state index in [-0.39, 0.29) is 11.6 Å². The number of nitro groups is 1. The van der Waals surface area contributed by atoms with Gasteiger partial charge < -0.3 is 15.0 Å². The highest BCUT2D eigenvalue weighted by Gasteiger charge is 2.33. The number of nitro benzene ring substituents is 1. The molecule has 0 spiro atoms. The zero-order chi connectivity index (χ0) is 21.6. The molecule has 1 aromatic carbocycles. The maximum atomic E-state index is 12.8. The summed E-state index contributed by atoms with van der Waals surface area (Å²) in [4.78, 5) is 36.0. The van der Waals surface area contributed by atoms with E-state index in [2.05, 4.69) is 5.32 Å². The SMILES string of the molecule is C[C@H](Nc1ccc(C(F)(F)F)cc1[N+](=O)[O-])C(=O)OCC(=O)N1CCCCCC1. The van der Waals surface area contributed by atoms with Crippen molar-refractivity contribution >= 4 is 23.3 Å². The summed E-state index contributed by atoms with van der Waals surface area (Å²) < 4.78 is 43.2. The number of anilines is 1. The van der Waals surface area contributed by atoms with Gasteiger partial charge in [0.15, 0.2) is 6.61 Å². The van der Waals surface area contributed by atoms with Crippen LogP contribution < -0.4 is 5.32 Å². The van der Waals surface area contributed by atoms with Crippen molar-refractivity contribution in [3.05, 3.63) is 33.9 Å². The van der Waals surface area contributed by atoms with E-state index in [0.717, 1.165) is 31.7 Å². The molecule has 29 heavy (non-hydrogen) atoms. The minimum absolute atomic E-state index is 0.258. The number of esters is 1. The third-order valence-corrected chi connectivity index (χ3v) is 4.54. The van der Waals surface area contributed by atoms with Gasteiger partial charge in [-0.2, -0.15) is 13.2 Å². The zero-order valence-electron chi connectivity index (χ0n) is 15.8. The van der Waals surface area contributed by atoms with E-state index in [1.54, 1.807) is 4.90 Å². The van der Waals surface area contributed by atoms with Crippen molar-refractivity contribution < 1.29 is 32.4 Å². The van der Waals surface area contributed by atoms with E-state index in [4.69, 9.17) is 4.74 Å². The number of hydrogen-bond acceptors (Lipinski definition) is 6. The van der Waals surface area contributed by atoms with Crippen molar-refractivity contribution in [2.24, 2.45) is 0 Å². The van der Waals surface area contributed by atoms with Gasteiger partial charge in [0.2, 0.25) is 0 Å². The number of likely N-dealkylation sites (tertiary alicyclic amines) is 1. The van der Waals surface area contributed by atoms with E-state index in [1.165, 1.54) is 6.92 Å². The Kier molecular flexibility index (Phi) is 7.40. The van der Waals surface area contributed by atoms with Crippen LogP contribution in [0.15, 0.2) is 18.2 Å². The summed E-state index contributed by atoms with van der Waals surface area (Å²) in [6.45, 7) is 2.07. The zero-order valence-corrected chi connectivity index (χ0v) is 15.8. The normalized spacial score (nSPS) is 15.9. The van der Waals surface area contributed by atoms with E-state index >= 15 is 0 Å². The summed E-state index contributed by atoms with van der Waals surface area (Å²) in [6.07, 6.45) is -0.890. The topological polar surface area (TPSA) is 102 Å². The number of alkyl halides is 3. The molecule has 0 bridgehead atoms. The third-order valence-electron chi connectivity index (χ3n) is 4.54. The first-order valence-electron chi connectivity index (χ1n) is 9.16. The van der Waals surface area contributed by atoms with E-state index in [9.17, 15) is 32.9 Å². The predicted octanol–water partition coefficient (Wildman–Crippen LogP) is 3.36. The molecular formula is C18H22F3N3O5. The standard InChI is InChI=1S/C18H22F3N3O5/c1-12(17(26)29-11-16(25)23-8-4-2-3-5-9-23)22-14-7-6-13(18(19,20)21)10-15(14)24(27)28/h6-7,10,12,22H,2-5,8-9,11H2,1H3/t12-/m0/s1. The second kappa shape index (κ2) is 9.57. The quantitative estimate of drug-likeness (QED) is 0.433. The van der Waals surface area contributed by atoms with Gasteiger partial charge >= 0.3 is 12.1 Å². The van der Waals surface area contributed by atoms with Crippen LogP contribution in [0, 0.1) is 10.1 Å². The van der Waals surface area contributed by atoms with Gasteiger partial charge in [-0.15, -0.1) is 0 Å². The summed E-state index contributed by atoms with van der Waals surface area (Å²) in [6, 6.07) is 0.842. The molecule has 0 unspecified atom stereocenters. The Labute approximate surface area is 165 Å². The van der Waals surface area contributed by atoms with Gasteiger partial charge in [0.05, 0.1) is 10.5 Å². The van der Waals surface area contributed by atoms with Crippen LogP contribution in [0.2, 0.25) is 0 Å². The number of rotatable bonds is 6. The number of hydrogen-bond donors (Lipinski definition) is 1. The monoisotopic (exact) mass is 417 g/mol. The Balaban J connectivity index is 1.98. The lowest BCUT2D eigenvalue weighted by Crippen LogP contribution is -2.37. The Morgan fingerprint density at radius 3 is 2.41 bits per heavy atom. The highest BCUT2D eigenvalue weighted by Crippen LogP contribution is 2.35. The molecule has 8 nitrogen and oxygen atoms in total. The predicted molar refractivity (Wildman–Crippen MR) is 97.2 cm³/mol. The lowest BCUT2D eigenvalue weighted by molar-refractivity contribution is -0.384. The molecule has 1 heterocycles. The fraction of sp³-hybridized carbons (Fsp3) is 0.556. The molecule has 1 amide bonds. The number of ether oxygens (including phenoxy) is 1. The highest BCUT2D eigenvalue weighted by atomic mass is 19.4. The van der Waals surface area contributed by atoms with Crippen LogP contribution in [0.5, 0.6) is 0 Å². The minimum atomic E-state index is -4.73. The first kappa shape index (κ1) is 22.4. The molecule has 1 fully saturated rings. The van der Waals surface area contributed by atoms with Gasteiger partial charge in [0.1, 0.15) is 11.7 Å². The van der Waals surface area contributed by atoms with Crippen LogP contribution in [-0.2, 0) is 20.5 Å². The molecule has 2 rings (SSSR count). The maximum Gasteiger partial charge on any atom is 0.416 e. The molecule has 1 aromatic rings. The van der Waals surface area contributed by atoms with Crippen molar-refractivity contribution in [1.82, 2.24) is 4.90 Å². The van der Waals surface area contributed by atoms with E-state index < -0.39 is 41.0 Å². The average molecular weight is 417 g/mol. The molecule has 0 saturated carbocycles. The van der Waals surface area contributed by atoms with Crippen LogP contribution in [0.1, 0.15) is 38.2 Å². The number of nitrogens with one attached hydrogen (secondary N) is 1. The van der Waals surface area contributed by atoms with Gasteiger partial charge in [-0.1, -0.05) is 12.8 Å². The van der Waals surface area contributed by atoms with Crippen molar-refractivity contribution in [2.45, 2.75) is 44.8 Å². The summed E-state index contributed by atoms with van der Waals surface area (Å²) in [5.41, 5.74) is -2.25. The average Bonchev–Trinajstić information content (AvgIpc) is 2.94. The first-order chi connectivity index (χ1) is 13.6. The second-order valence-electron chi connectivity index (χ2n) is 6.76. The van der Waals surface area contributed by atoms with Crippen LogP contribution in [0.25, 0.3) is 0 Å². The van der Waals surface area contributed by atoms with Crippen molar-refractivity contribution in [1.29, 1.82) is 0 Å². The number of amides is 1. The summed E-state index contributed by atoms with van der Waals surface area (Å²) in [7, 11) is 0. The van der Waals surface area contributed by atoms with Crippen LogP contribution >= 0.6 is 0 Å². The van der Waals surface area contributed by atoms with Gasteiger partial charge in [0.25, 0.3) is 11.6 Å². The summed E-state index contributed by atoms with van der Waals surface area (Å²) in [5.74, 6) is -1.17. The first-order valence-corrected chi connectivity index (χ1v) is 9.16. The maximum absolute atomic E-state index is 12.8. The van der Waals surface area contributed by atoms with Crippen LogP contribution in [-0.4, -0.2) is 47.4 Å². The molecule has 11 heteroatoms. The number of carbonyl (C=O) groups excluding carboxylic acids is 2. The van der Waals surface area contributed by atoms with Crippen LogP contribution in [0.3, 0.4) is 0 Å². The number of carbonyl (C=O) groups is 2. The van der Waals surface area contributed by atoms with Gasteiger partial charge in [-0.3, -0.25) is 14.9 Å². The van der Waals surface area contributed by atoms with Crippen molar-refractivity contribution in [3.63, 3.8) is 0 Å². The smallest absolute Gasteiger partial charge is 0.416 e. The molecule has 1 aliphatic heterocycles. The summed E-state index contributed by atoms with van der Waals surface area (Å²) >= 11 is 0. The molecule has 0 aromatic heterocycles. The lowest BCUT2D eigenvalue weighted by Gasteiger charge is -2.21. The molecule has 0 aliphatic carbocycles. The van der Waals surface area contributed by atoms with Gasteiger partial charge in [-0.25, -0.2) is 4.79 Å². The molecule has 160 valence electrons. The molecule has 1 N–H and O–H groups in total. The molecule has 1 atom stereocenters.